The molecule has 8 heteroatoms. The van der Waals surface area contributed by atoms with Crippen LogP contribution in [0.3, 0.4) is 0 Å². The number of methoxy groups -OCH3 is 1. The summed E-state index contributed by atoms with van der Waals surface area (Å²) in [5.41, 5.74) is 2.29. The van der Waals surface area contributed by atoms with Gasteiger partial charge in [-0.05, 0) is 35.4 Å². The lowest BCUT2D eigenvalue weighted by atomic mass is 9.84. The summed E-state index contributed by atoms with van der Waals surface area (Å²) in [6.07, 6.45) is 1.16. The lowest BCUT2D eigenvalue weighted by molar-refractivity contribution is -0.157. The van der Waals surface area contributed by atoms with Crippen LogP contribution in [-0.4, -0.2) is 57.1 Å². The summed E-state index contributed by atoms with van der Waals surface area (Å²) >= 11 is 1.83. The van der Waals surface area contributed by atoms with Crippen molar-refractivity contribution in [1.82, 2.24) is 5.32 Å². The van der Waals surface area contributed by atoms with Crippen LogP contribution in [0, 0.1) is 5.92 Å². The van der Waals surface area contributed by atoms with Gasteiger partial charge < -0.3 is 14.8 Å². The Hall–Kier alpha value is -2.65. The Balaban J connectivity index is 1.69. The molecule has 40 heavy (non-hydrogen) atoms. The van der Waals surface area contributed by atoms with Crippen LogP contribution in [0.1, 0.15) is 43.4 Å². The Bertz CT molecular complexity index is 1240. The molecule has 0 spiro atoms. The Morgan fingerprint density at radius 2 is 1.40 bits per heavy atom. The highest BCUT2D eigenvalue weighted by atomic mass is 32.2. The molecule has 1 fully saturated rings. The minimum Gasteiger partial charge on any atom is -0.467 e. The van der Waals surface area contributed by atoms with E-state index in [1.807, 2.05) is 43.8 Å². The first-order chi connectivity index (χ1) is 19.1. The Morgan fingerprint density at radius 1 is 0.925 bits per heavy atom. The van der Waals surface area contributed by atoms with Crippen LogP contribution in [0.2, 0.25) is 0 Å². The predicted molar refractivity (Wildman–Crippen MR) is 162 cm³/mol. The molecule has 3 aromatic carbocycles. The fraction of sp³-hybridized carbons (Fsp3) is 0.406. The maximum Gasteiger partial charge on any atom is 0.335 e. The minimum absolute atomic E-state index is 0.0696. The van der Waals surface area contributed by atoms with Crippen LogP contribution >= 0.6 is 11.8 Å². The van der Waals surface area contributed by atoms with Crippen molar-refractivity contribution in [1.29, 1.82) is 0 Å². The number of thioether (sulfide) groups is 1. The van der Waals surface area contributed by atoms with Gasteiger partial charge in [-0.2, -0.15) is 0 Å². The lowest BCUT2D eigenvalue weighted by Crippen LogP contribution is -2.46. The summed E-state index contributed by atoms with van der Waals surface area (Å²) in [7, 11) is -2.35. The molecule has 6 nitrogen and oxygen atoms in total. The van der Waals surface area contributed by atoms with Crippen molar-refractivity contribution >= 4 is 27.6 Å². The largest absolute Gasteiger partial charge is 0.467 e. The standard InChI is InChI=1S/C32H39NO5S2/c1-23(2)20-29(30(34)37-3)38-31(40(4,35)36)28-21-27(22-33-28)39-32(24-14-8-5-9-15-24,25-16-10-6-11-17-25)26-18-12-7-13-19-26/h5-19,23,27-29,31,33H,20-22H2,1-4H3/t27?,28?,29-,31?/m1/s1. The highest BCUT2D eigenvalue weighted by Gasteiger charge is 2.45. The van der Waals surface area contributed by atoms with Crippen molar-refractivity contribution in [2.24, 2.45) is 5.92 Å². The van der Waals surface area contributed by atoms with Gasteiger partial charge in [0.15, 0.2) is 21.4 Å². The molecule has 3 unspecified atom stereocenters. The summed E-state index contributed by atoms with van der Waals surface area (Å²) in [6, 6.07) is 30.9. The van der Waals surface area contributed by atoms with Gasteiger partial charge in [-0.3, -0.25) is 0 Å². The van der Waals surface area contributed by atoms with E-state index in [-0.39, 0.29) is 11.2 Å². The first kappa shape index (κ1) is 30.3. The summed E-state index contributed by atoms with van der Waals surface area (Å²) in [5, 5.41) is 3.50. The van der Waals surface area contributed by atoms with Crippen LogP contribution < -0.4 is 5.32 Å². The topological polar surface area (TPSA) is 81.7 Å². The molecule has 0 saturated carbocycles. The average molecular weight is 582 g/mol. The number of nitrogens with one attached hydrogen (secondary N) is 1. The SMILES string of the molecule is COC(=O)[C@@H](CC(C)C)OC(C1CC(SC(c2ccccc2)(c2ccccc2)c2ccccc2)CN1)S(C)(=O)=O. The van der Waals surface area contributed by atoms with Crippen LogP contribution in [0.25, 0.3) is 0 Å². The number of esters is 1. The number of rotatable bonds is 12. The monoisotopic (exact) mass is 581 g/mol. The fourth-order valence-electron chi connectivity index (χ4n) is 5.43. The highest BCUT2D eigenvalue weighted by molar-refractivity contribution is 8.01. The summed E-state index contributed by atoms with van der Waals surface area (Å²) in [5.74, 6) is -0.421. The fourth-order valence-corrected chi connectivity index (χ4v) is 8.37. The average Bonchev–Trinajstić information content (AvgIpc) is 3.41. The number of hydrogen-bond acceptors (Lipinski definition) is 7. The van der Waals surface area contributed by atoms with Crippen LogP contribution in [-0.2, 0) is 28.9 Å². The van der Waals surface area contributed by atoms with E-state index in [0.717, 1.165) is 16.7 Å². The maximum atomic E-state index is 13.0. The van der Waals surface area contributed by atoms with Crippen molar-refractivity contribution < 1.29 is 22.7 Å². The molecule has 1 saturated heterocycles. The first-order valence-corrected chi connectivity index (χ1v) is 16.5. The molecular formula is C32H39NO5S2. The van der Waals surface area contributed by atoms with E-state index in [2.05, 4.69) is 78.1 Å². The molecular weight excluding hydrogens is 542 g/mol. The van der Waals surface area contributed by atoms with Crippen LogP contribution in [0.5, 0.6) is 0 Å². The van der Waals surface area contributed by atoms with Gasteiger partial charge in [0, 0.05) is 24.1 Å². The summed E-state index contributed by atoms with van der Waals surface area (Å²) in [4.78, 5) is 12.5. The quantitative estimate of drug-likeness (QED) is 0.226. The van der Waals surface area contributed by atoms with E-state index in [0.29, 0.717) is 19.4 Å². The number of ether oxygens (including phenoxy) is 2. The van der Waals surface area contributed by atoms with Crippen molar-refractivity contribution in [3.05, 3.63) is 108 Å². The molecule has 1 heterocycles. The number of hydrogen-bond donors (Lipinski definition) is 1. The van der Waals surface area contributed by atoms with Crippen molar-refractivity contribution in [3.8, 4) is 0 Å². The molecule has 1 aliphatic rings. The van der Waals surface area contributed by atoms with E-state index in [9.17, 15) is 13.2 Å². The number of carbonyl (C=O) groups is 1. The number of sulfone groups is 1. The molecule has 3 aromatic rings. The second-order valence-corrected chi connectivity index (χ2v) is 14.4. The Morgan fingerprint density at radius 3 is 1.80 bits per heavy atom. The first-order valence-electron chi connectivity index (χ1n) is 13.6. The molecule has 0 aromatic heterocycles. The van der Waals surface area contributed by atoms with Crippen molar-refractivity contribution in [2.75, 3.05) is 19.9 Å². The van der Waals surface area contributed by atoms with Gasteiger partial charge in [0.05, 0.1) is 11.9 Å². The normalized spacial score (nSPS) is 19.3. The lowest BCUT2D eigenvalue weighted by Gasteiger charge is -2.37. The molecule has 4 atom stereocenters. The van der Waals surface area contributed by atoms with Gasteiger partial charge in [0.25, 0.3) is 0 Å². The molecule has 0 radical (unpaired) electrons. The minimum atomic E-state index is -3.65. The Kier molecular flexibility index (Phi) is 10.1. The van der Waals surface area contributed by atoms with Gasteiger partial charge in [0.1, 0.15) is 0 Å². The summed E-state index contributed by atoms with van der Waals surface area (Å²) < 4.78 is 36.5. The summed E-state index contributed by atoms with van der Waals surface area (Å²) in [6.45, 7) is 4.53. The van der Waals surface area contributed by atoms with Crippen molar-refractivity contribution in [2.45, 2.75) is 54.3 Å². The molecule has 0 bridgehead atoms. The van der Waals surface area contributed by atoms with Gasteiger partial charge in [-0.15, -0.1) is 11.8 Å². The second kappa shape index (κ2) is 13.3. The third kappa shape index (κ3) is 6.97. The zero-order valence-electron chi connectivity index (χ0n) is 23.5. The number of carbonyl (C=O) groups excluding carboxylic acids is 1. The van der Waals surface area contributed by atoms with Crippen LogP contribution in [0.15, 0.2) is 91.0 Å². The molecule has 1 N–H and O–H groups in total. The van der Waals surface area contributed by atoms with E-state index >= 15 is 0 Å². The third-order valence-electron chi connectivity index (χ3n) is 7.21. The highest BCUT2D eigenvalue weighted by Crippen LogP contribution is 2.51. The smallest absolute Gasteiger partial charge is 0.335 e. The van der Waals surface area contributed by atoms with Gasteiger partial charge in [-0.1, -0.05) is 105 Å². The van der Waals surface area contributed by atoms with Gasteiger partial charge in [-0.25, -0.2) is 13.2 Å². The maximum absolute atomic E-state index is 13.0. The zero-order valence-corrected chi connectivity index (χ0v) is 25.2. The predicted octanol–water partition coefficient (Wildman–Crippen LogP) is 5.42. The van der Waals surface area contributed by atoms with E-state index < -0.39 is 38.1 Å². The molecule has 4 rings (SSSR count). The van der Waals surface area contributed by atoms with E-state index in [1.165, 1.54) is 13.4 Å². The molecule has 214 valence electrons. The molecule has 0 amide bonds. The zero-order chi connectivity index (χ0) is 28.8. The van der Waals surface area contributed by atoms with Crippen LogP contribution in [0.4, 0.5) is 0 Å². The van der Waals surface area contributed by atoms with Crippen molar-refractivity contribution in [3.63, 3.8) is 0 Å². The Labute approximate surface area is 242 Å². The van der Waals surface area contributed by atoms with Gasteiger partial charge >= 0.3 is 5.97 Å². The second-order valence-electron chi connectivity index (χ2n) is 10.7. The molecule has 1 aliphatic heterocycles. The van der Waals surface area contributed by atoms with E-state index in [4.69, 9.17) is 9.47 Å². The van der Waals surface area contributed by atoms with E-state index in [1.54, 1.807) is 0 Å². The number of benzene rings is 3. The van der Waals surface area contributed by atoms with Gasteiger partial charge in [0.2, 0.25) is 0 Å². The third-order valence-corrected chi connectivity index (χ3v) is 10.2. The molecule has 0 aliphatic carbocycles.